The van der Waals surface area contributed by atoms with Crippen LogP contribution in [-0.4, -0.2) is 15.7 Å². The Bertz CT molecular complexity index is 1230. The second-order valence-electron chi connectivity index (χ2n) is 8.25. The van der Waals surface area contributed by atoms with Gasteiger partial charge >= 0.3 is 0 Å². The van der Waals surface area contributed by atoms with Gasteiger partial charge in [-0.2, -0.15) is 5.10 Å². The summed E-state index contributed by atoms with van der Waals surface area (Å²) in [5.41, 5.74) is 13.2. The van der Waals surface area contributed by atoms with Crippen LogP contribution < -0.4 is 11.1 Å². The summed E-state index contributed by atoms with van der Waals surface area (Å²) in [6, 6.07) is 24.4. The minimum atomic E-state index is -0.0398. The maximum Gasteiger partial charge on any atom is 0.252 e. The van der Waals surface area contributed by atoms with E-state index in [1.54, 1.807) is 6.20 Å². The first-order valence-corrected chi connectivity index (χ1v) is 11.0. The number of aromatic nitrogens is 2. The molecule has 0 saturated heterocycles. The molecule has 4 aromatic rings. The van der Waals surface area contributed by atoms with E-state index in [4.69, 9.17) is 5.73 Å². The third-order valence-electron chi connectivity index (χ3n) is 6.17. The molecule has 32 heavy (non-hydrogen) atoms. The lowest BCUT2D eigenvalue weighted by Crippen LogP contribution is -2.27. The normalized spacial score (nSPS) is 14.8. The molecule has 1 aromatic heterocycles. The minimum absolute atomic E-state index is 0.0360. The highest BCUT2D eigenvalue weighted by atomic mass is 16.1. The SMILES string of the molecule is NCc1ccc2c(c1)CCC2NC(=O)c1ccccc1-c1ccc(Cn2cccn2)cc1. The average Bonchev–Trinajstić information content (AvgIpc) is 3.49. The number of fused-ring (bicyclic) bond motifs is 1. The molecule has 5 heteroatoms. The van der Waals surface area contributed by atoms with Crippen molar-refractivity contribution in [3.63, 3.8) is 0 Å². The Morgan fingerprint density at radius 1 is 1.03 bits per heavy atom. The molecular weight excluding hydrogens is 396 g/mol. The van der Waals surface area contributed by atoms with E-state index >= 15 is 0 Å². The van der Waals surface area contributed by atoms with Gasteiger partial charge in [0.15, 0.2) is 0 Å². The number of hydrogen-bond donors (Lipinski definition) is 2. The highest BCUT2D eigenvalue weighted by Crippen LogP contribution is 2.33. The third-order valence-corrected chi connectivity index (χ3v) is 6.17. The molecule has 1 heterocycles. The average molecular weight is 423 g/mol. The Morgan fingerprint density at radius 3 is 2.62 bits per heavy atom. The van der Waals surface area contributed by atoms with Crippen molar-refractivity contribution in [1.29, 1.82) is 0 Å². The summed E-state index contributed by atoms with van der Waals surface area (Å²) >= 11 is 0. The van der Waals surface area contributed by atoms with Crippen LogP contribution in [0.3, 0.4) is 0 Å². The Morgan fingerprint density at radius 2 is 1.84 bits per heavy atom. The second kappa shape index (κ2) is 8.81. The van der Waals surface area contributed by atoms with Crippen LogP contribution >= 0.6 is 0 Å². The molecule has 160 valence electrons. The van der Waals surface area contributed by atoms with Gasteiger partial charge in [0.1, 0.15) is 0 Å². The molecule has 0 radical (unpaired) electrons. The zero-order valence-corrected chi connectivity index (χ0v) is 17.9. The molecule has 1 unspecified atom stereocenters. The van der Waals surface area contributed by atoms with Crippen LogP contribution in [0.25, 0.3) is 11.1 Å². The maximum absolute atomic E-state index is 13.3. The van der Waals surface area contributed by atoms with E-state index < -0.39 is 0 Å². The molecule has 0 bridgehead atoms. The predicted octanol–water partition coefficient (Wildman–Crippen LogP) is 4.47. The van der Waals surface area contributed by atoms with Gasteiger partial charge in [-0.3, -0.25) is 9.48 Å². The van der Waals surface area contributed by atoms with Gasteiger partial charge in [-0.05, 0) is 58.4 Å². The van der Waals surface area contributed by atoms with Gasteiger partial charge in [0.05, 0.1) is 12.6 Å². The van der Waals surface area contributed by atoms with E-state index in [-0.39, 0.29) is 11.9 Å². The van der Waals surface area contributed by atoms with Crippen LogP contribution in [0.1, 0.15) is 45.1 Å². The largest absolute Gasteiger partial charge is 0.345 e. The first-order chi connectivity index (χ1) is 15.7. The molecule has 0 aliphatic heterocycles. The van der Waals surface area contributed by atoms with E-state index in [0.717, 1.165) is 36.1 Å². The Hall–Kier alpha value is -3.70. The lowest BCUT2D eigenvalue weighted by Gasteiger charge is -2.17. The summed E-state index contributed by atoms with van der Waals surface area (Å²) < 4.78 is 1.90. The quantitative estimate of drug-likeness (QED) is 0.481. The van der Waals surface area contributed by atoms with Crippen molar-refractivity contribution in [2.75, 3.05) is 0 Å². The molecule has 0 fully saturated rings. The number of nitrogens with zero attached hydrogens (tertiary/aromatic N) is 2. The molecule has 1 amide bonds. The van der Waals surface area contributed by atoms with Crippen molar-refractivity contribution in [3.05, 3.63) is 113 Å². The molecule has 3 N–H and O–H groups in total. The number of carbonyl (C=O) groups excluding carboxylic acids is 1. The number of hydrogen-bond acceptors (Lipinski definition) is 3. The van der Waals surface area contributed by atoms with Crippen molar-refractivity contribution >= 4 is 5.91 Å². The highest BCUT2D eigenvalue weighted by Gasteiger charge is 2.25. The fourth-order valence-electron chi connectivity index (χ4n) is 4.49. The van der Waals surface area contributed by atoms with E-state index in [2.05, 4.69) is 52.9 Å². The van der Waals surface area contributed by atoms with E-state index in [1.807, 2.05) is 41.2 Å². The number of aryl methyl sites for hydroxylation is 1. The van der Waals surface area contributed by atoms with Gasteiger partial charge < -0.3 is 11.1 Å². The summed E-state index contributed by atoms with van der Waals surface area (Å²) in [4.78, 5) is 13.3. The van der Waals surface area contributed by atoms with Crippen molar-refractivity contribution in [2.24, 2.45) is 5.73 Å². The smallest absolute Gasteiger partial charge is 0.252 e. The van der Waals surface area contributed by atoms with E-state index in [0.29, 0.717) is 12.1 Å². The van der Waals surface area contributed by atoms with Crippen LogP contribution in [0.15, 0.2) is 85.2 Å². The summed E-state index contributed by atoms with van der Waals surface area (Å²) in [5.74, 6) is -0.0398. The molecule has 0 saturated carbocycles. The fourth-order valence-corrected chi connectivity index (χ4v) is 4.49. The maximum atomic E-state index is 13.3. The van der Waals surface area contributed by atoms with Gasteiger partial charge in [0.25, 0.3) is 5.91 Å². The summed E-state index contributed by atoms with van der Waals surface area (Å²) in [6.45, 7) is 1.26. The summed E-state index contributed by atoms with van der Waals surface area (Å²) in [5, 5.41) is 7.52. The number of amides is 1. The van der Waals surface area contributed by atoms with Crippen LogP contribution in [0, 0.1) is 0 Å². The van der Waals surface area contributed by atoms with Crippen molar-refractivity contribution in [2.45, 2.75) is 32.0 Å². The van der Waals surface area contributed by atoms with Crippen molar-refractivity contribution in [3.8, 4) is 11.1 Å². The van der Waals surface area contributed by atoms with Crippen LogP contribution in [0.5, 0.6) is 0 Å². The molecule has 0 spiro atoms. The Labute approximate surface area is 187 Å². The third kappa shape index (κ3) is 4.07. The molecule has 1 atom stereocenters. The van der Waals surface area contributed by atoms with E-state index in [1.165, 1.54) is 16.7 Å². The Balaban J connectivity index is 1.35. The lowest BCUT2D eigenvalue weighted by molar-refractivity contribution is 0.0937. The summed E-state index contributed by atoms with van der Waals surface area (Å²) in [6.07, 6.45) is 5.61. The number of nitrogens with two attached hydrogens (primary N) is 1. The molecule has 5 rings (SSSR count). The van der Waals surface area contributed by atoms with Crippen LogP contribution in [-0.2, 0) is 19.5 Å². The Kier molecular flexibility index (Phi) is 5.57. The second-order valence-corrected chi connectivity index (χ2v) is 8.25. The monoisotopic (exact) mass is 422 g/mol. The number of benzene rings is 3. The summed E-state index contributed by atoms with van der Waals surface area (Å²) in [7, 11) is 0. The first kappa shape index (κ1) is 20.2. The minimum Gasteiger partial charge on any atom is -0.345 e. The zero-order chi connectivity index (χ0) is 21.9. The predicted molar refractivity (Wildman–Crippen MR) is 126 cm³/mol. The van der Waals surface area contributed by atoms with Gasteiger partial charge in [-0.25, -0.2) is 0 Å². The fraction of sp³-hybridized carbons (Fsp3) is 0.185. The number of carbonyl (C=O) groups is 1. The molecule has 5 nitrogen and oxygen atoms in total. The van der Waals surface area contributed by atoms with Crippen LogP contribution in [0.4, 0.5) is 0 Å². The lowest BCUT2D eigenvalue weighted by atomic mass is 9.97. The van der Waals surface area contributed by atoms with E-state index in [9.17, 15) is 4.79 Å². The topological polar surface area (TPSA) is 72.9 Å². The molecular formula is C27H26N4O. The van der Waals surface area contributed by atoms with Gasteiger partial charge in [0, 0.05) is 24.5 Å². The highest BCUT2D eigenvalue weighted by molar-refractivity contribution is 6.01. The number of rotatable bonds is 6. The molecule has 3 aromatic carbocycles. The standard InChI is InChI=1S/C27H26N4O/c28-17-20-8-12-24-22(16-20)11-13-26(24)30-27(32)25-5-2-1-4-23(25)21-9-6-19(7-10-21)18-31-15-3-14-29-31/h1-10,12,14-16,26H,11,13,17-18,28H2,(H,30,32). The zero-order valence-electron chi connectivity index (χ0n) is 17.9. The number of nitrogens with one attached hydrogen (secondary N) is 1. The van der Waals surface area contributed by atoms with Gasteiger partial charge in [-0.1, -0.05) is 60.7 Å². The first-order valence-electron chi connectivity index (χ1n) is 11.0. The van der Waals surface area contributed by atoms with Crippen molar-refractivity contribution in [1.82, 2.24) is 15.1 Å². The molecule has 1 aliphatic rings. The molecule has 1 aliphatic carbocycles. The van der Waals surface area contributed by atoms with Crippen LogP contribution in [0.2, 0.25) is 0 Å². The van der Waals surface area contributed by atoms with Gasteiger partial charge in [0.2, 0.25) is 0 Å². The van der Waals surface area contributed by atoms with Gasteiger partial charge in [-0.15, -0.1) is 0 Å². The van der Waals surface area contributed by atoms with Crippen molar-refractivity contribution < 1.29 is 4.79 Å².